The second-order valence-corrected chi connectivity index (χ2v) is 6.26. The van der Waals surface area contributed by atoms with E-state index in [0.717, 1.165) is 0 Å². The van der Waals surface area contributed by atoms with Crippen molar-refractivity contribution in [2.24, 2.45) is 9.98 Å². The summed E-state index contributed by atoms with van der Waals surface area (Å²) in [6.07, 6.45) is 0.699. The van der Waals surface area contributed by atoms with Crippen molar-refractivity contribution in [2.45, 2.75) is 12.1 Å². The number of rotatable bonds is 0. The molecule has 2 heterocycles. The molecule has 2 aliphatic heterocycles. The van der Waals surface area contributed by atoms with Crippen LogP contribution in [0.1, 0.15) is 6.42 Å². The predicted octanol–water partition coefficient (Wildman–Crippen LogP) is 1.48. The molecule has 120 valence electrons. The third-order valence-corrected chi connectivity index (χ3v) is 4.81. The van der Waals surface area contributed by atoms with Crippen molar-refractivity contribution >= 4 is 21.5 Å². The number of benzene rings is 3. The lowest BCUT2D eigenvalue weighted by Crippen LogP contribution is -2.22. The molecular formula is C18H14N2O4. The summed E-state index contributed by atoms with van der Waals surface area (Å²) < 4.78 is 5.43. The molecular weight excluding hydrogens is 308 g/mol. The molecule has 0 amide bonds. The zero-order chi connectivity index (χ0) is 16.5. The van der Waals surface area contributed by atoms with E-state index in [9.17, 15) is 15.3 Å². The highest BCUT2D eigenvalue weighted by atomic mass is 16.5. The quantitative estimate of drug-likeness (QED) is 0.431. The second kappa shape index (κ2) is 4.36. The van der Waals surface area contributed by atoms with Gasteiger partial charge in [-0.2, -0.15) is 0 Å². The van der Waals surface area contributed by atoms with Gasteiger partial charge in [0.2, 0.25) is 0 Å². The molecule has 24 heavy (non-hydrogen) atoms. The molecule has 5 rings (SSSR count). The van der Waals surface area contributed by atoms with Gasteiger partial charge in [0.15, 0.2) is 5.66 Å². The van der Waals surface area contributed by atoms with Crippen LogP contribution in [0.25, 0.3) is 21.5 Å². The average Bonchev–Trinajstić information content (AvgIpc) is 3.18. The van der Waals surface area contributed by atoms with Crippen LogP contribution in [-0.2, 0) is 4.74 Å². The zero-order valence-corrected chi connectivity index (χ0v) is 12.7. The summed E-state index contributed by atoms with van der Waals surface area (Å²) in [4.78, 5) is 9.38. The minimum atomic E-state index is -0.619. The summed E-state index contributed by atoms with van der Waals surface area (Å²) in [5.41, 5.74) is -0.619. The van der Waals surface area contributed by atoms with Crippen LogP contribution >= 0.6 is 0 Å². The molecule has 2 aliphatic rings. The van der Waals surface area contributed by atoms with Gasteiger partial charge in [0.25, 0.3) is 0 Å². The maximum absolute atomic E-state index is 10.8. The number of hydrogen-bond donors (Lipinski definition) is 3. The topological polar surface area (TPSA) is 94.6 Å². The van der Waals surface area contributed by atoms with Crippen LogP contribution in [-0.4, -0.2) is 34.2 Å². The predicted molar refractivity (Wildman–Crippen MR) is 86.9 cm³/mol. The first-order chi connectivity index (χ1) is 11.6. The number of phenolic OH excluding ortho intramolecular Hbond substituents is 3. The monoisotopic (exact) mass is 322 g/mol. The van der Waals surface area contributed by atoms with Gasteiger partial charge in [0.05, 0.1) is 34.7 Å². The van der Waals surface area contributed by atoms with Crippen molar-refractivity contribution in [2.75, 3.05) is 13.2 Å². The molecule has 3 N–H and O–H groups in total. The third kappa shape index (κ3) is 1.58. The van der Waals surface area contributed by atoms with E-state index in [1.165, 1.54) is 6.07 Å². The largest absolute Gasteiger partial charge is 0.507 e. The van der Waals surface area contributed by atoms with E-state index < -0.39 is 5.66 Å². The fourth-order valence-electron chi connectivity index (χ4n) is 3.65. The van der Waals surface area contributed by atoms with Gasteiger partial charge in [-0.3, -0.25) is 4.99 Å². The van der Waals surface area contributed by atoms with Gasteiger partial charge in [0.1, 0.15) is 17.2 Å². The van der Waals surface area contributed by atoms with Crippen molar-refractivity contribution < 1.29 is 20.1 Å². The summed E-state index contributed by atoms with van der Waals surface area (Å²) in [6.45, 7) is 1.03. The van der Waals surface area contributed by atoms with Gasteiger partial charge < -0.3 is 20.1 Å². The number of phenols is 3. The number of nitrogens with zero attached hydrogens (tertiary/aromatic N) is 2. The lowest BCUT2D eigenvalue weighted by Gasteiger charge is -2.12. The smallest absolute Gasteiger partial charge is 0.176 e. The lowest BCUT2D eigenvalue weighted by atomic mass is 9.99. The molecule has 1 fully saturated rings. The Kier molecular flexibility index (Phi) is 2.46. The van der Waals surface area contributed by atoms with Crippen molar-refractivity contribution in [1.82, 2.24) is 0 Å². The van der Waals surface area contributed by atoms with E-state index in [0.29, 0.717) is 46.5 Å². The third-order valence-electron chi connectivity index (χ3n) is 4.81. The van der Waals surface area contributed by atoms with E-state index in [-0.39, 0.29) is 22.6 Å². The number of hydrogen-bond acceptors (Lipinski definition) is 6. The van der Waals surface area contributed by atoms with Crippen LogP contribution < -0.4 is 10.7 Å². The second-order valence-electron chi connectivity index (χ2n) is 6.26. The number of fused-ring (bicyclic) bond motifs is 4. The number of ether oxygens (including phenoxy) is 1. The maximum atomic E-state index is 10.8. The summed E-state index contributed by atoms with van der Waals surface area (Å²) in [5.74, 6) is -0.164. The Balaban J connectivity index is 2.00. The van der Waals surface area contributed by atoms with Crippen molar-refractivity contribution in [3.05, 3.63) is 41.0 Å². The van der Waals surface area contributed by atoms with E-state index in [1.807, 2.05) is 0 Å². The first-order valence-electron chi connectivity index (χ1n) is 7.75. The van der Waals surface area contributed by atoms with E-state index in [4.69, 9.17) is 9.73 Å². The van der Waals surface area contributed by atoms with Gasteiger partial charge in [-0.05, 0) is 18.2 Å². The first-order valence-corrected chi connectivity index (χ1v) is 7.75. The van der Waals surface area contributed by atoms with Crippen molar-refractivity contribution in [3.63, 3.8) is 0 Å². The summed E-state index contributed by atoms with van der Waals surface area (Å²) in [5, 5.41) is 34.3. The highest BCUT2D eigenvalue weighted by Crippen LogP contribution is 2.43. The molecule has 0 aromatic heterocycles. The van der Waals surface area contributed by atoms with Crippen LogP contribution in [0, 0.1) is 0 Å². The average molecular weight is 322 g/mol. The highest BCUT2D eigenvalue weighted by Gasteiger charge is 2.36. The Morgan fingerprint density at radius 2 is 1.71 bits per heavy atom. The molecule has 0 aliphatic carbocycles. The van der Waals surface area contributed by atoms with Crippen LogP contribution in [0.3, 0.4) is 0 Å². The number of aromatic hydroxyl groups is 3. The molecule has 3 aromatic carbocycles. The Bertz CT molecular complexity index is 1150. The molecule has 6 nitrogen and oxygen atoms in total. The summed E-state index contributed by atoms with van der Waals surface area (Å²) in [6, 6.07) is 8.23. The standard InChI is InChI=1S/C18H14N2O4/c21-12-3-1-2-9-13(12)16(22)10-4-5-11-15(14(10)17(9)23)20-18(19-11)6-7-24-8-18/h1-5,21-23H,6-8H2. The van der Waals surface area contributed by atoms with Crippen molar-refractivity contribution in [3.8, 4) is 17.2 Å². The minimum absolute atomic E-state index is 0.0135. The fourth-order valence-corrected chi connectivity index (χ4v) is 3.65. The fraction of sp³-hybridized carbons (Fsp3) is 0.222. The lowest BCUT2D eigenvalue weighted by molar-refractivity contribution is 0.180. The Hall–Kier alpha value is -2.86. The van der Waals surface area contributed by atoms with E-state index in [2.05, 4.69) is 4.99 Å². The zero-order valence-electron chi connectivity index (χ0n) is 12.7. The van der Waals surface area contributed by atoms with E-state index >= 15 is 0 Å². The summed E-state index contributed by atoms with van der Waals surface area (Å²) >= 11 is 0. The Morgan fingerprint density at radius 3 is 2.50 bits per heavy atom. The SMILES string of the molecule is Oc1cccc2c(O)c3c4c(ccc3c(O)c12)=NC1(CCOC1)N=4. The van der Waals surface area contributed by atoms with Crippen LogP contribution in [0.15, 0.2) is 40.3 Å². The van der Waals surface area contributed by atoms with Gasteiger partial charge in [-0.1, -0.05) is 12.1 Å². The Labute approximate surface area is 136 Å². The van der Waals surface area contributed by atoms with Gasteiger partial charge >= 0.3 is 0 Å². The van der Waals surface area contributed by atoms with Gasteiger partial charge in [0, 0.05) is 17.2 Å². The maximum Gasteiger partial charge on any atom is 0.176 e. The van der Waals surface area contributed by atoms with Crippen LogP contribution in [0.2, 0.25) is 0 Å². The van der Waals surface area contributed by atoms with Crippen LogP contribution in [0.4, 0.5) is 0 Å². The highest BCUT2D eigenvalue weighted by molar-refractivity contribution is 6.12. The summed E-state index contributed by atoms with van der Waals surface area (Å²) in [7, 11) is 0. The van der Waals surface area contributed by atoms with Gasteiger partial charge in [-0.15, -0.1) is 0 Å². The van der Waals surface area contributed by atoms with Crippen LogP contribution in [0.5, 0.6) is 17.2 Å². The molecule has 6 heteroatoms. The Morgan fingerprint density at radius 1 is 0.917 bits per heavy atom. The molecule has 1 spiro atoms. The molecule has 3 aromatic rings. The molecule has 1 atom stereocenters. The van der Waals surface area contributed by atoms with Gasteiger partial charge in [-0.25, -0.2) is 4.99 Å². The molecule has 0 saturated carbocycles. The first kappa shape index (κ1) is 13.6. The normalized spacial score (nSPS) is 22.0. The molecule has 1 saturated heterocycles. The minimum Gasteiger partial charge on any atom is -0.507 e. The van der Waals surface area contributed by atoms with Crippen molar-refractivity contribution in [1.29, 1.82) is 0 Å². The van der Waals surface area contributed by atoms with E-state index in [1.54, 1.807) is 24.3 Å². The molecule has 0 radical (unpaired) electrons. The molecule has 1 unspecified atom stereocenters. The molecule has 0 bridgehead atoms.